The number of hydrogen-bond donors (Lipinski definition) is 7. The Hall–Kier alpha value is -3.93. The molecule has 0 saturated carbocycles. The Morgan fingerprint density at radius 1 is 0.972 bits per heavy atom. The minimum atomic E-state index is -1.34. The number of H-pyrrole nitrogens is 1. The van der Waals surface area contributed by atoms with Crippen LogP contribution in [-0.4, -0.2) is 63.9 Å². The van der Waals surface area contributed by atoms with E-state index in [0.717, 1.165) is 16.5 Å². The molecule has 0 bridgehead atoms. The fourth-order valence-corrected chi connectivity index (χ4v) is 3.63. The lowest BCUT2D eigenvalue weighted by Gasteiger charge is -2.25. The van der Waals surface area contributed by atoms with Gasteiger partial charge in [-0.15, -0.1) is 0 Å². The number of fused-ring (bicyclic) bond motifs is 1. The zero-order valence-electron chi connectivity index (χ0n) is 20.5. The van der Waals surface area contributed by atoms with Gasteiger partial charge in [-0.2, -0.15) is 0 Å². The number of nitrogens with one attached hydrogen (secondary N) is 4. The van der Waals surface area contributed by atoms with E-state index in [2.05, 4.69) is 20.9 Å². The molecule has 0 aliphatic heterocycles. The molecule has 196 valence electrons. The lowest BCUT2D eigenvalue weighted by molar-refractivity contribution is -0.142. The number of amides is 4. The van der Waals surface area contributed by atoms with Gasteiger partial charge in [-0.3, -0.25) is 19.2 Å². The van der Waals surface area contributed by atoms with E-state index in [4.69, 9.17) is 11.5 Å². The molecule has 4 atom stereocenters. The summed E-state index contributed by atoms with van der Waals surface area (Å²) in [5.74, 6) is -4.26. The van der Waals surface area contributed by atoms with Crippen molar-refractivity contribution in [1.82, 2.24) is 20.9 Å². The molecule has 2 aromatic rings. The second kappa shape index (κ2) is 12.7. The first-order valence-corrected chi connectivity index (χ1v) is 11.6. The van der Waals surface area contributed by atoms with Crippen LogP contribution >= 0.6 is 0 Å². The highest BCUT2D eigenvalue weighted by atomic mass is 16.4. The molecule has 9 N–H and O–H groups in total. The number of aromatic nitrogens is 1. The lowest BCUT2D eigenvalue weighted by atomic mass is 10.0. The number of hydrogen-bond acceptors (Lipinski definition) is 6. The maximum Gasteiger partial charge on any atom is 0.326 e. The summed E-state index contributed by atoms with van der Waals surface area (Å²) >= 11 is 0. The highest BCUT2D eigenvalue weighted by molar-refractivity contribution is 5.94. The van der Waals surface area contributed by atoms with Crippen LogP contribution in [-0.2, 0) is 30.4 Å². The third-order valence-corrected chi connectivity index (χ3v) is 5.74. The Balaban J connectivity index is 1.97. The average molecular weight is 503 g/mol. The number of carboxylic acids is 1. The Kier molecular flexibility index (Phi) is 9.97. The highest BCUT2D eigenvalue weighted by Gasteiger charge is 2.30. The number of benzene rings is 1. The summed E-state index contributed by atoms with van der Waals surface area (Å²) in [6.45, 7) is 4.83. The van der Waals surface area contributed by atoms with Gasteiger partial charge in [0.1, 0.15) is 18.1 Å². The van der Waals surface area contributed by atoms with Crippen molar-refractivity contribution in [2.24, 2.45) is 17.4 Å². The Morgan fingerprint density at radius 2 is 1.64 bits per heavy atom. The predicted molar refractivity (Wildman–Crippen MR) is 132 cm³/mol. The maximum atomic E-state index is 12.9. The van der Waals surface area contributed by atoms with E-state index >= 15 is 0 Å². The minimum Gasteiger partial charge on any atom is -0.480 e. The quantitative estimate of drug-likeness (QED) is 0.191. The first-order chi connectivity index (χ1) is 16.9. The van der Waals surface area contributed by atoms with Crippen LogP contribution in [0.25, 0.3) is 10.9 Å². The Bertz CT molecular complexity index is 1110. The van der Waals surface area contributed by atoms with Crippen molar-refractivity contribution in [3.05, 3.63) is 36.0 Å². The van der Waals surface area contributed by atoms with Crippen LogP contribution in [0.4, 0.5) is 0 Å². The molecule has 0 saturated heterocycles. The normalized spacial score (nSPS) is 14.5. The van der Waals surface area contributed by atoms with Gasteiger partial charge >= 0.3 is 5.97 Å². The summed E-state index contributed by atoms with van der Waals surface area (Å²) in [4.78, 5) is 63.5. The monoisotopic (exact) mass is 502 g/mol. The molecule has 1 aromatic carbocycles. The van der Waals surface area contributed by atoms with Crippen molar-refractivity contribution >= 4 is 40.5 Å². The smallest absolute Gasteiger partial charge is 0.326 e. The van der Waals surface area contributed by atoms with Gasteiger partial charge < -0.3 is 37.5 Å². The van der Waals surface area contributed by atoms with Gasteiger partial charge in [0, 0.05) is 23.5 Å². The fraction of sp³-hybridized carbons (Fsp3) is 0.458. The molecule has 1 aromatic heterocycles. The molecule has 12 heteroatoms. The highest BCUT2D eigenvalue weighted by Crippen LogP contribution is 2.19. The van der Waals surface area contributed by atoms with E-state index in [0.29, 0.717) is 0 Å². The van der Waals surface area contributed by atoms with Crippen molar-refractivity contribution in [3.8, 4) is 0 Å². The van der Waals surface area contributed by atoms with Gasteiger partial charge in [0.15, 0.2) is 0 Å². The molecule has 4 unspecified atom stereocenters. The molecule has 4 amide bonds. The topological polar surface area (TPSA) is 209 Å². The molecule has 0 radical (unpaired) electrons. The zero-order chi connectivity index (χ0) is 27.0. The first kappa shape index (κ1) is 28.3. The predicted octanol–water partition coefficient (Wildman–Crippen LogP) is -0.482. The first-order valence-electron chi connectivity index (χ1n) is 11.6. The van der Waals surface area contributed by atoms with Crippen LogP contribution < -0.4 is 27.4 Å². The molecule has 0 aliphatic rings. The number of rotatable bonds is 13. The fourth-order valence-electron chi connectivity index (χ4n) is 3.63. The van der Waals surface area contributed by atoms with E-state index in [1.807, 2.05) is 24.3 Å². The molecule has 36 heavy (non-hydrogen) atoms. The van der Waals surface area contributed by atoms with E-state index < -0.39 is 53.8 Å². The van der Waals surface area contributed by atoms with E-state index in [1.54, 1.807) is 20.0 Å². The molecule has 2 rings (SSSR count). The van der Waals surface area contributed by atoms with Gasteiger partial charge in [-0.25, -0.2) is 4.79 Å². The summed E-state index contributed by atoms with van der Waals surface area (Å²) in [6.07, 6.45) is 1.63. The third kappa shape index (κ3) is 7.80. The molecule has 0 fully saturated rings. The zero-order valence-corrected chi connectivity index (χ0v) is 20.5. The number of carbonyl (C=O) groups excluding carboxylic acids is 4. The molecular weight excluding hydrogens is 468 g/mol. The van der Waals surface area contributed by atoms with Crippen molar-refractivity contribution in [3.63, 3.8) is 0 Å². The van der Waals surface area contributed by atoms with Gasteiger partial charge in [-0.05, 0) is 37.3 Å². The molecule has 0 spiro atoms. The van der Waals surface area contributed by atoms with Crippen LogP contribution in [0.1, 0.15) is 39.2 Å². The van der Waals surface area contributed by atoms with Crippen LogP contribution in [0.3, 0.4) is 0 Å². The maximum absolute atomic E-state index is 12.9. The van der Waals surface area contributed by atoms with Crippen molar-refractivity contribution in [2.45, 2.75) is 64.2 Å². The third-order valence-electron chi connectivity index (χ3n) is 5.74. The van der Waals surface area contributed by atoms with E-state index in [-0.39, 0.29) is 25.2 Å². The van der Waals surface area contributed by atoms with Crippen LogP contribution in [0, 0.1) is 5.92 Å². The SMILES string of the molecule is CC(NC(=O)C(NC(=O)C(N)Cc1c[nH]c2ccccc12)C(C)C)C(=O)NC(CCC(N)=O)C(=O)O. The van der Waals surface area contributed by atoms with E-state index in [9.17, 15) is 29.1 Å². The Morgan fingerprint density at radius 3 is 2.25 bits per heavy atom. The minimum absolute atomic E-state index is 0.184. The summed E-state index contributed by atoms with van der Waals surface area (Å²) < 4.78 is 0. The summed E-state index contributed by atoms with van der Waals surface area (Å²) in [5, 5.41) is 17.6. The van der Waals surface area contributed by atoms with Crippen molar-refractivity contribution < 1.29 is 29.1 Å². The van der Waals surface area contributed by atoms with E-state index in [1.165, 1.54) is 6.92 Å². The van der Waals surface area contributed by atoms with Crippen LogP contribution in [0.15, 0.2) is 30.5 Å². The molecule has 12 nitrogen and oxygen atoms in total. The van der Waals surface area contributed by atoms with Crippen LogP contribution in [0.2, 0.25) is 0 Å². The standard InChI is InChI=1S/C24H34N6O6/c1-12(2)20(23(34)28-13(3)21(32)29-18(24(35)36)8-9-19(26)31)30-22(33)16(25)10-14-11-27-17-7-5-4-6-15(14)17/h4-7,11-13,16,18,20,27H,8-10,25H2,1-3H3,(H2,26,31)(H,28,34)(H,29,32)(H,30,33)(H,35,36). The molecule has 1 heterocycles. The number of aromatic amines is 1. The number of aliphatic carboxylic acids is 1. The van der Waals surface area contributed by atoms with Gasteiger partial charge in [0.2, 0.25) is 23.6 Å². The van der Waals surface area contributed by atoms with Gasteiger partial charge in [-0.1, -0.05) is 32.0 Å². The summed E-state index contributed by atoms with van der Waals surface area (Å²) in [7, 11) is 0. The van der Waals surface area contributed by atoms with Crippen molar-refractivity contribution in [1.29, 1.82) is 0 Å². The largest absolute Gasteiger partial charge is 0.480 e. The lowest BCUT2D eigenvalue weighted by Crippen LogP contribution is -2.57. The van der Waals surface area contributed by atoms with Crippen LogP contribution in [0.5, 0.6) is 0 Å². The second-order valence-electron chi connectivity index (χ2n) is 9.04. The van der Waals surface area contributed by atoms with Gasteiger partial charge in [0.25, 0.3) is 0 Å². The average Bonchev–Trinajstić information content (AvgIpc) is 3.21. The van der Waals surface area contributed by atoms with Crippen molar-refractivity contribution in [2.75, 3.05) is 0 Å². The summed E-state index contributed by atoms with van der Waals surface area (Å²) in [6, 6.07) is 3.28. The Labute approximate surface area is 208 Å². The number of para-hydroxylation sites is 1. The second-order valence-corrected chi connectivity index (χ2v) is 9.04. The number of carbonyl (C=O) groups is 5. The molecule has 0 aliphatic carbocycles. The summed E-state index contributed by atoms with van der Waals surface area (Å²) in [5.41, 5.74) is 12.9. The number of nitrogens with two attached hydrogens (primary N) is 2. The van der Waals surface area contributed by atoms with Gasteiger partial charge in [0.05, 0.1) is 6.04 Å². The number of primary amides is 1. The number of carboxylic acid groups (broad SMARTS) is 1. The molecular formula is C24H34N6O6.